The summed E-state index contributed by atoms with van der Waals surface area (Å²) in [7, 11) is 5.24. The summed E-state index contributed by atoms with van der Waals surface area (Å²) in [6, 6.07) is 6.96. The van der Waals surface area contributed by atoms with Gasteiger partial charge in [-0.1, -0.05) is 18.2 Å². The Morgan fingerprint density at radius 2 is 1.70 bits per heavy atom. The predicted octanol–water partition coefficient (Wildman–Crippen LogP) is 2.41. The van der Waals surface area contributed by atoms with Crippen LogP contribution in [0.15, 0.2) is 24.3 Å². The predicted molar refractivity (Wildman–Crippen MR) is 105 cm³/mol. The van der Waals surface area contributed by atoms with Gasteiger partial charge in [0.1, 0.15) is 5.82 Å². The van der Waals surface area contributed by atoms with Crippen molar-refractivity contribution in [1.82, 2.24) is 14.7 Å². The van der Waals surface area contributed by atoms with Crippen LogP contribution >= 0.6 is 0 Å². The van der Waals surface area contributed by atoms with Gasteiger partial charge in [0.25, 0.3) is 0 Å². The molecule has 2 amide bonds. The van der Waals surface area contributed by atoms with Gasteiger partial charge >= 0.3 is 0 Å². The van der Waals surface area contributed by atoms with E-state index in [1.807, 2.05) is 19.2 Å². The second kappa shape index (κ2) is 10.4. The molecule has 0 aromatic heterocycles. The lowest BCUT2D eigenvalue weighted by atomic mass is 9.95. The van der Waals surface area contributed by atoms with Crippen LogP contribution in [0.1, 0.15) is 31.2 Å². The second-order valence-electron chi connectivity index (χ2n) is 7.69. The summed E-state index contributed by atoms with van der Waals surface area (Å²) in [5, 5.41) is 0. The first kappa shape index (κ1) is 21.4. The van der Waals surface area contributed by atoms with Crippen molar-refractivity contribution in [2.75, 3.05) is 47.3 Å². The Hall–Kier alpha value is -1.95. The highest BCUT2D eigenvalue weighted by atomic mass is 19.1. The molecule has 1 aliphatic heterocycles. The molecule has 1 heterocycles. The molecular weight excluding hydrogens is 345 g/mol. The zero-order valence-corrected chi connectivity index (χ0v) is 16.8. The topological polar surface area (TPSA) is 43.9 Å². The molecule has 1 saturated heterocycles. The molecule has 2 rings (SSSR count). The molecule has 0 spiro atoms. The van der Waals surface area contributed by atoms with Crippen molar-refractivity contribution >= 4 is 11.8 Å². The van der Waals surface area contributed by atoms with Gasteiger partial charge in [0.15, 0.2) is 0 Å². The van der Waals surface area contributed by atoms with Crippen molar-refractivity contribution in [1.29, 1.82) is 0 Å². The van der Waals surface area contributed by atoms with Crippen molar-refractivity contribution < 1.29 is 14.0 Å². The van der Waals surface area contributed by atoms with Gasteiger partial charge in [0, 0.05) is 47.1 Å². The zero-order chi connectivity index (χ0) is 19.8. The summed E-state index contributed by atoms with van der Waals surface area (Å²) < 4.78 is 13.7. The molecule has 1 aliphatic rings. The largest absolute Gasteiger partial charge is 0.349 e. The fourth-order valence-corrected chi connectivity index (χ4v) is 3.49. The zero-order valence-electron chi connectivity index (χ0n) is 16.8. The van der Waals surface area contributed by atoms with Crippen molar-refractivity contribution in [3.63, 3.8) is 0 Å². The van der Waals surface area contributed by atoms with Gasteiger partial charge in [0.05, 0.1) is 0 Å². The average Bonchev–Trinajstić information content (AvgIpc) is 2.66. The fourth-order valence-electron chi connectivity index (χ4n) is 3.49. The Balaban J connectivity index is 1.67. The van der Waals surface area contributed by atoms with Crippen molar-refractivity contribution in [3.8, 4) is 0 Å². The molecule has 1 fully saturated rings. The van der Waals surface area contributed by atoms with E-state index in [1.165, 1.54) is 11.0 Å². The van der Waals surface area contributed by atoms with E-state index in [2.05, 4.69) is 4.90 Å². The number of rotatable bonds is 8. The number of likely N-dealkylation sites (tertiary alicyclic amines) is 1. The third-order valence-corrected chi connectivity index (χ3v) is 5.37. The van der Waals surface area contributed by atoms with E-state index in [0.29, 0.717) is 5.92 Å². The highest BCUT2D eigenvalue weighted by Gasteiger charge is 2.22. The van der Waals surface area contributed by atoms with Gasteiger partial charge in [0.2, 0.25) is 11.8 Å². The van der Waals surface area contributed by atoms with Crippen LogP contribution in [0.3, 0.4) is 0 Å². The van der Waals surface area contributed by atoms with Gasteiger partial charge in [-0.3, -0.25) is 9.59 Å². The number of piperidine rings is 1. The molecule has 1 aromatic rings. The van der Waals surface area contributed by atoms with E-state index in [1.54, 1.807) is 25.1 Å². The summed E-state index contributed by atoms with van der Waals surface area (Å²) in [5.74, 6) is 0.389. The molecule has 6 heteroatoms. The third-order valence-electron chi connectivity index (χ3n) is 5.37. The van der Waals surface area contributed by atoms with Crippen LogP contribution in [-0.4, -0.2) is 73.8 Å². The number of hydrogen-bond acceptors (Lipinski definition) is 3. The van der Waals surface area contributed by atoms with E-state index in [4.69, 9.17) is 0 Å². The number of halogens is 1. The number of carbonyl (C=O) groups excluding carboxylic acids is 2. The maximum atomic E-state index is 13.7. The Morgan fingerprint density at radius 1 is 1.07 bits per heavy atom. The van der Waals surface area contributed by atoms with Crippen LogP contribution in [0.4, 0.5) is 4.39 Å². The summed E-state index contributed by atoms with van der Waals surface area (Å²) in [6.45, 7) is 3.59. The summed E-state index contributed by atoms with van der Waals surface area (Å²) in [4.78, 5) is 29.5. The van der Waals surface area contributed by atoms with Gasteiger partial charge < -0.3 is 14.7 Å². The molecule has 5 nitrogen and oxygen atoms in total. The molecule has 1 aromatic carbocycles. The quantitative estimate of drug-likeness (QED) is 0.699. The first-order chi connectivity index (χ1) is 12.9. The van der Waals surface area contributed by atoms with Crippen LogP contribution in [-0.2, 0) is 16.0 Å². The van der Waals surface area contributed by atoms with E-state index in [-0.39, 0.29) is 30.5 Å². The lowest BCUT2D eigenvalue weighted by Gasteiger charge is -2.34. The molecule has 0 radical (unpaired) electrons. The molecule has 0 unspecified atom stereocenters. The Morgan fingerprint density at radius 3 is 2.33 bits per heavy atom. The highest BCUT2D eigenvalue weighted by molar-refractivity contribution is 5.83. The first-order valence-electron chi connectivity index (χ1n) is 9.76. The highest BCUT2D eigenvalue weighted by Crippen LogP contribution is 2.19. The molecule has 150 valence electrons. The van der Waals surface area contributed by atoms with Gasteiger partial charge in [-0.25, -0.2) is 4.39 Å². The van der Waals surface area contributed by atoms with E-state index in [0.717, 1.165) is 51.0 Å². The molecule has 0 bridgehead atoms. The molecule has 0 atom stereocenters. The van der Waals surface area contributed by atoms with E-state index in [9.17, 15) is 14.0 Å². The smallest absolute Gasteiger partial charge is 0.222 e. The van der Waals surface area contributed by atoms with Crippen LogP contribution in [0.5, 0.6) is 0 Å². The number of amides is 2. The Labute approximate surface area is 162 Å². The monoisotopic (exact) mass is 377 g/mol. The maximum Gasteiger partial charge on any atom is 0.222 e. The van der Waals surface area contributed by atoms with Crippen LogP contribution < -0.4 is 0 Å². The Bertz CT molecular complexity index is 628. The SMILES string of the molecule is CN(C)C(=O)CCC(=O)N(C)CC1CCN(CCc2ccccc2F)CC1. The summed E-state index contributed by atoms with van der Waals surface area (Å²) in [5.41, 5.74) is 0.775. The van der Waals surface area contributed by atoms with Gasteiger partial charge in [-0.05, 0) is 49.9 Å². The minimum absolute atomic E-state index is 0.0140. The van der Waals surface area contributed by atoms with Crippen LogP contribution in [0.25, 0.3) is 0 Å². The second-order valence-corrected chi connectivity index (χ2v) is 7.69. The fraction of sp³-hybridized carbons (Fsp3) is 0.619. The van der Waals surface area contributed by atoms with Crippen LogP contribution in [0, 0.1) is 11.7 Å². The maximum absolute atomic E-state index is 13.7. The van der Waals surface area contributed by atoms with Crippen molar-refractivity contribution in [3.05, 3.63) is 35.6 Å². The van der Waals surface area contributed by atoms with Gasteiger partial charge in [-0.15, -0.1) is 0 Å². The molecule has 0 N–H and O–H groups in total. The van der Waals surface area contributed by atoms with Crippen molar-refractivity contribution in [2.45, 2.75) is 32.1 Å². The number of carbonyl (C=O) groups is 2. The molecule has 0 aliphatic carbocycles. The molecule has 0 saturated carbocycles. The lowest BCUT2D eigenvalue weighted by Crippen LogP contribution is -2.40. The first-order valence-corrected chi connectivity index (χ1v) is 9.76. The normalized spacial score (nSPS) is 15.6. The average molecular weight is 378 g/mol. The minimum Gasteiger partial charge on any atom is -0.349 e. The minimum atomic E-state index is -0.125. The number of nitrogens with zero attached hydrogens (tertiary/aromatic N) is 3. The summed E-state index contributed by atoms with van der Waals surface area (Å²) in [6.07, 6.45) is 3.37. The number of benzene rings is 1. The third kappa shape index (κ3) is 6.94. The van der Waals surface area contributed by atoms with Gasteiger partial charge in [-0.2, -0.15) is 0 Å². The lowest BCUT2D eigenvalue weighted by molar-refractivity contribution is -0.135. The Kier molecular flexibility index (Phi) is 8.23. The van der Waals surface area contributed by atoms with Crippen molar-refractivity contribution in [2.24, 2.45) is 5.92 Å². The standard InChI is InChI=1S/C21H32FN3O2/c1-23(2)20(26)8-9-21(27)24(3)16-17-10-13-25(14-11-17)15-12-18-6-4-5-7-19(18)22/h4-7,17H,8-16H2,1-3H3. The van der Waals surface area contributed by atoms with E-state index < -0.39 is 0 Å². The van der Waals surface area contributed by atoms with E-state index >= 15 is 0 Å². The summed E-state index contributed by atoms with van der Waals surface area (Å²) >= 11 is 0. The number of hydrogen-bond donors (Lipinski definition) is 0. The molecular formula is C21H32FN3O2. The molecule has 27 heavy (non-hydrogen) atoms. The van der Waals surface area contributed by atoms with Crippen LogP contribution in [0.2, 0.25) is 0 Å².